The fourth-order valence-electron chi connectivity index (χ4n) is 1.87. The first-order valence-corrected chi connectivity index (χ1v) is 6.68. The normalized spacial score (nSPS) is 12.3. The predicted octanol–water partition coefficient (Wildman–Crippen LogP) is 0.640. The molecule has 0 fully saturated rings. The first kappa shape index (κ1) is 16.9. The van der Waals surface area contributed by atoms with Crippen LogP contribution in [0.1, 0.15) is 40.0 Å². The molecule has 0 heterocycles. The molecule has 1 atom stereocenters. The maximum atomic E-state index is 11.6. The first-order chi connectivity index (χ1) is 8.47. The Morgan fingerprint density at radius 2 is 1.72 bits per heavy atom. The molecule has 1 unspecified atom stereocenters. The molecule has 4 N–H and O–H groups in total. The van der Waals surface area contributed by atoms with Crippen molar-refractivity contribution in [2.75, 3.05) is 19.6 Å². The van der Waals surface area contributed by atoms with E-state index in [4.69, 9.17) is 5.73 Å². The van der Waals surface area contributed by atoms with Crippen LogP contribution >= 0.6 is 0 Å². The minimum absolute atomic E-state index is 0.0445. The minimum Gasteiger partial charge on any atom is -0.355 e. The molecule has 0 aromatic carbocycles. The third kappa shape index (κ3) is 8.98. The highest BCUT2D eigenvalue weighted by molar-refractivity contribution is 5.76. The fraction of sp³-hybridized carbons (Fsp3) is 0.846. The van der Waals surface area contributed by atoms with Gasteiger partial charge in [0.25, 0.3) is 0 Å². The van der Waals surface area contributed by atoms with Crippen molar-refractivity contribution < 1.29 is 9.59 Å². The lowest BCUT2D eigenvalue weighted by Gasteiger charge is -2.19. The summed E-state index contributed by atoms with van der Waals surface area (Å²) in [6, 6.07) is 0. The van der Waals surface area contributed by atoms with Crippen molar-refractivity contribution >= 4 is 11.8 Å². The Hall–Kier alpha value is -1.10. The Labute approximate surface area is 110 Å². The smallest absolute Gasteiger partial charge is 0.220 e. The van der Waals surface area contributed by atoms with Crippen molar-refractivity contribution in [1.82, 2.24) is 10.6 Å². The van der Waals surface area contributed by atoms with Gasteiger partial charge < -0.3 is 16.4 Å². The van der Waals surface area contributed by atoms with Gasteiger partial charge in [0.05, 0.1) is 0 Å². The van der Waals surface area contributed by atoms with Crippen LogP contribution in [0.5, 0.6) is 0 Å². The Morgan fingerprint density at radius 1 is 1.11 bits per heavy atom. The van der Waals surface area contributed by atoms with Crippen LogP contribution in [-0.4, -0.2) is 31.4 Å². The molecule has 5 nitrogen and oxygen atoms in total. The summed E-state index contributed by atoms with van der Waals surface area (Å²) < 4.78 is 0. The lowest BCUT2D eigenvalue weighted by atomic mass is 9.88. The lowest BCUT2D eigenvalue weighted by Crippen LogP contribution is -2.33. The zero-order valence-corrected chi connectivity index (χ0v) is 11.8. The van der Waals surface area contributed by atoms with Crippen molar-refractivity contribution in [3.8, 4) is 0 Å². The molecule has 2 amide bonds. The number of amides is 2. The number of rotatable bonds is 9. The summed E-state index contributed by atoms with van der Waals surface area (Å²) in [7, 11) is 0. The molecule has 0 rings (SSSR count). The van der Waals surface area contributed by atoms with Crippen molar-refractivity contribution in [2.24, 2.45) is 17.6 Å². The topological polar surface area (TPSA) is 84.2 Å². The number of carbonyl (C=O) groups is 2. The maximum absolute atomic E-state index is 11.6. The lowest BCUT2D eigenvalue weighted by molar-refractivity contribution is -0.122. The zero-order chi connectivity index (χ0) is 14.0. The molecule has 106 valence electrons. The van der Waals surface area contributed by atoms with Crippen LogP contribution in [0.15, 0.2) is 0 Å². The van der Waals surface area contributed by atoms with Gasteiger partial charge in [-0.2, -0.15) is 0 Å². The molecule has 0 spiro atoms. The summed E-state index contributed by atoms with van der Waals surface area (Å²) >= 11 is 0. The van der Waals surface area contributed by atoms with E-state index in [9.17, 15) is 9.59 Å². The zero-order valence-electron chi connectivity index (χ0n) is 11.8. The molecule has 0 bridgehead atoms. The van der Waals surface area contributed by atoms with Crippen LogP contribution < -0.4 is 16.4 Å². The molecule has 0 saturated carbocycles. The van der Waals surface area contributed by atoms with E-state index in [2.05, 4.69) is 24.5 Å². The monoisotopic (exact) mass is 257 g/mol. The van der Waals surface area contributed by atoms with Gasteiger partial charge in [-0.15, -0.1) is 0 Å². The van der Waals surface area contributed by atoms with E-state index in [-0.39, 0.29) is 11.8 Å². The SMILES string of the molecule is CC(=O)NCCNC(=O)CCC(CCN)C(C)C. The van der Waals surface area contributed by atoms with Crippen molar-refractivity contribution in [1.29, 1.82) is 0 Å². The summed E-state index contributed by atoms with van der Waals surface area (Å²) in [6.45, 7) is 7.43. The van der Waals surface area contributed by atoms with Gasteiger partial charge in [0.15, 0.2) is 0 Å². The molecule has 0 aromatic heterocycles. The minimum atomic E-state index is -0.0768. The van der Waals surface area contributed by atoms with Gasteiger partial charge in [0.2, 0.25) is 11.8 Å². The second kappa shape index (κ2) is 9.88. The third-order valence-corrected chi connectivity index (χ3v) is 3.04. The van der Waals surface area contributed by atoms with Crippen molar-refractivity contribution in [3.63, 3.8) is 0 Å². The molecule has 0 saturated heterocycles. The predicted molar refractivity (Wildman–Crippen MR) is 72.9 cm³/mol. The van der Waals surface area contributed by atoms with Crippen LogP contribution in [0.4, 0.5) is 0 Å². The van der Waals surface area contributed by atoms with Gasteiger partial charge in [-0.1, -0.05) is 13.8 Å². The largest absolute Gasteiger partial charge is 0.355 e. The molecule has 0 aliphatic carbocycles. The van der Waals surface area contributed by atoms with Crippen LogP contribution in [0.2, 0.25) is 0 Å². The molecule has 5 heteroatoms. The molecule has 0 aliphatic rings. The Balaban J connectivity index is 3.70. The third-order valence-electron chi connectivity index (χ3n) is 3.04. The Morgan fingerprint density at radius 3 is 2.22 bits per heavy atom. The Kier molecular flexibility index (Phi) is 9.28. The number of hydrogen-bond acceptors (Lipinski definition) is 3. The van der Waals surface area contributed by atoms with Crippen LogP contribution in [-0.2, 0) is 9.59 Å². The van der Waals surface area contributed by atoms with E-state index >= 15 is 0 Å². The number of nitrogens with one attached hydrogen (secondary N) is 2. The molecule has 18 heavy (non-hydrogen) atoms. The van der Waals surface area contributed by atoms with Gasteiger partial charge in [-0.3, -0.25) is 9.59 Å². The van der Waals surface area contributed by atoms with Gasteiger partial charge in [-0.25, -0.2) is 0 Å². The molecule has 0 radical (unpaired) electrons. The van der Waals surface area contributed by atoms with Gasteiger partial charge >= 0.3 is 0 Å². The second-order valence-electron chi connectivity index (χ2n) is 4.95. The van der Waals surface area contributed by atoms with Crippen LogP contribution in [0.25, 0.3) is 0 Å². The van der Waals surface area contributed by atoms with E-state index < -0.39 is 0 Å². The number of carbonyl (C=O) groups excluding carboxylic acids is 2. The van der Waals surface area contributed by atoms with Crippen LogP contribution in [0.3, 0.4) is 0 Å². The molecule has 0 aliphatic heterocycles. The second-order valence-corrected chi connectivity index (χ2v) is 4.95. The molecular formula is C13H27N3O2. The van der Waals surface area contributed by atoms with E-state index in [1.807, 2.05) is 0 Å². The van der Waals surface area contributed by atoms with Gasteiger partial charge in [0.1, 0.15) is 0 Å². The molecule has 0 aromatic rings. The quantitative estimate of drug-likeness (QED) is 0.530. The van der Waals surface area contributed by atoms with Gasteiger partial charge in [-0.05, 0) is 31.2 Å². The van der Waals surface area contributed by atoms with Crippen molar-refractivity contribution in [2.45, 2.75) is 40.0 Å². The molecular weight excluding hydrogens is 230 g/mol. The summed E-state index contributed by atoms with van der Waals surface area (Å²) in [6.07, 6.45) is 2.38. The van der Waals surface area contributed by atoms with E-state index in [1.54, 1.807) is 0 Å². The number of hydrogen-bond donors (Lipinski definition) is 3. The summed E-state index contributed by atoms with van der Waals surface area (Å²) in [5.74, 6) is 1.03. The van der Waals surface area contributed by atoms with Crippen LogP contribution in [0, 0.1) is 11.8 Å². The van der Waals surface area contributed by atoms with E-state index in [1.165, 1.54) is 6.92 Å². The van der Waals surface area contributed by atoms with Gasteiger partial charge in [0, 0.05) is 26.4 Å². The maximum Gasteiger partial charge on any atom is 0.220 e. The number of nitrogens with two attached hydrogens (primary N) is 1. The highest BCUT2D eigenvalue weighted by atomic mass is 16.2. The first-order valence-electron chi connectivity index (χ1n) is 6.68. The van der Waals surface area contributed by atoms with E-state index in [0.717, 1.165) is 12.8 Å². The average molecular weight is 257 g/mol. The summed E-state index contributed by atoms with van der Waals surface area (Å²) in [4.78, 5) is 22.2. The highest BCUT2D eigenvalue weighted by Crippen LogP contribution is 2.20. The Bertz CT molecular complexity index is 255. The summed E-state index contributed by atoms with van der Waals surface area (Å²) in [5.41, 5.74) is 5.56. The summed E-state index contributed by atoms with van der Waals surface area (Å²) in [5, 5.41) is 5.42. The van der Waals surface area contributed by atoms with Crippen molar-refractivity contribution in [3.05, 3.63) is 0 Å². The highest BCUT2D eigenvalue weighted by Gasteiger charge is 2.14. The standard InChI is InChI=1S/C13H27N3O2/c1-10(2)12(6-7-14)4-5-13(18)16-9-8-15-11(3)17/h10,12H,4-9,14H2,1-3H3,(H,15,17)(H,16,18). The fourth-order valence-corrected chi connectivity index (χ4v) is 1.87. The van der Waals surface area contributed by atoms with E-state index in [0.29, 0.717) is 37.9 Å². The average Bonchev–Trinajstić information content (AvgIpc) is 2.29.